The first-order valence-electron chi connectivity index (χ1n) is 5.34. The van der Waals surface area contributed by atoms with Gasteiger partial charge in [-0.2, -0.15) is 0 Å². The van der Waals surface area contributed by atoms with Gasteiger partial charge in [0.25, 0.3) is 0 Å². The predicted molar refractivity (Wildman–Crippen MR) is 50.8 cm³/mol. The summed E-state index contributed by atoms with van der Waals surface area (Å²) in [6.07, 6.45) is 13.6. The molecule has 0 bridgehead atoms. The average Bonchev–Trinajstić information content (AvgIpc) is 2.98. The molecule has 0 aromatic carbocycles. The third-order valence-electron chi connectivity index (χ3n) is 3.32. The minimum Gasteiger partial charge on any atom is -0.0807 e. The molecule has 12 heavy (non-hydrogen) atoms. The topological polar surface area (TPSA) is 0 Å². The van der Waals surface area contributed by atoms with Crippen LogP contribution in [0.1, 0.15) is 38.5 Å². The summed E-state index contributed by atoms with van der Waals surface area (Å²) in [6.45, 7) is 0. The molecule has 0 aromatic heterocycles. The standard InChI is InChI=1S/C12H16/c1-2-11(9-4-5-9)8-12(3-1)10-6-7-10/h2,8-10H,1,3-7H2. The van der Waals surface area contributed by atoms with Gasteiger partial charge < -0.3 is 0 Å². The zero-order valence-corrected chi connectivity index (χ0v) is 7.55. The van der Waals surface area contributed by atoms with Crippen LogP contribution in [0.25, 0.3) is 0 Å². The van der Waals surface area contributed by atoms with E-state index < -0.39 is 0 Å². The maximum absolute atomic E-state index is 2.53. The summed E-state index contributed by atoms with van der Waals surface area (Å²) in [5, 5.41) is 0. The Bertz CT molecular complexity index is 249. The first kappa shape index (κ1) is 6.94. The fourth-order valence-corrected chi connectivity index (χ4v) is 2.23. The highest BCUT2D eigenvalue weighted by molar-refractivity contribution is 5.34. The molecule has 0 spiro atoms. The lowest BCUT2D eigenvalue weighted by Gasteiger charge is -2.12. The molecule has 0 aromatic rings. The van der Waals surface area contributed by atoms with E-state index in [2.05, 4.69) is 12.2 Å². The van der Waals surface area contributed by atoms with Crippen molar-refractivity contribution >= 4 is 0 Å². The molecule has 0 atom stereocenters. The minimum absolute atomic E-state index is 0.971. The number of hydrogen-bond acceptors (Lipinski definition) is 0. The van der Waals surface area contributed by atoms with Crippen LogP contribution in [0.4, 0.5) is 0 Å². The summed E-state index contributed by atoms with van der Waals surface area (Å²) < 4.78 is 0. The molecule has 0 unspecified atom stereocenters. The van der Waals surface area contributed by atoms with Gasteiger partial charge >= 0.3 is 0 Å². The average molecular weight is 160 g/mol. The molecule has 0 saturated heterocycles. The lowest BCUT2D eigenvalue weighted by molar-refractivity contribution is 0.822. The Hall–Kier alpha value is -0.520. The maximum Gasteiger partial charge on any atom is -0.0165 e. The molecule has 0 nitrogen and oxygen atoms in total. The highest BCUT2D eigenvalue weighted by atomic mass is 14.4. The SMILES string of the molecule is C1=C(C2CC2)C=C(C2CC2)CC1. The van der Waals surface area contributed by atoms with Crippen molar-refractivity contribution in [3.05, 3.63) is 23.3 Å². The molecular formula is C12H16. The first-order valence-corrected chi connectivity index (χ1v) is 5.34. The van der Waals surface area contributed by atoms with Crippen molar-refractivity contribution in [3.63, 3.8) is 0 Å². The maximum atomic E-state index is 2.53. The molecule has 0 heterocycles. The zero-order chi connectivity index (χ0) is 7.97. The molecule has 0 radical (unpaired) electrons. The number of allylic oxidation sites excluding steroid dienone is 4. The van der Waals surface area contributed by atoms with Gasteiger partial charge in [-0.25, -0.2) is 0 Å². The van der Waals surface area contributed by atoms with Crippen LogP contribution in [-0.2, 0) is 0 Å². The van der Waals surface area contributed by atoms with Gasteiger partial charge in [0.05, 0.1) is 0 Å². The lowest BCUT2D eigenvalue weighted by Crippen LogP contribution is -1.95. The van der Waals surface area contributed by atoms with Crippen LogP contribution in [0.15, 0.2) is 23.3 Å². The molecule has 64 valence electrons. The molecule has 3 rings (SSSR count). The van der Waals surface area contributed by atoms with E-state index in [9.17, 15) is 0 Å². The second-order valence-corrected chi connectivity index (χ2v) is 4.51. The molecule has 2 saturated carbocycles. The molecular weight excluding hydrogens is 144 g/mol. The Morgan fingerprint density at radius 3 is 2.42 bits per heavy atom. The fourth-order valence-electron chi connectivity index (χ4n) is 2.23. The van der Waals surface area contributed by atoms with E-state index in [0.29, 0.717) is 0 Å². The van der Waals surface area contributed by atoms with Crippen molar-refractivity contribution < 1.29 is 0 Å². The van der Waals surface area contributed by atoms with Gasteiger partial charge in [-0.1, -0.05) is 17.7 Å². The van der Waals surface area contributed by atoms with Crippen molar-refractivity contribution in [2.45, 2.75) is 38.5 Å². The molecule has 0 amide bonds. The summed E-state index contributed by atoms with van der Waals surface area (Å²) >= 11 is 0. The van der Waals surface area contributed by atoms with Crippen molar-refractivity contribution in [1.82, 2.24) is 0 Å². The van der Waals surface area contributed by atoms with Crippen LogP contribution in [0.3, 0.4) is 0 Å². The second kappa shape index (κ2) is 2.48. The Balaban J connectivity index is 1.80. The lowest BCUT2D eigenvalue weighted by atomic mass is 9.94. The van der Waals surface area contributed by atoms with E-state index in [1.165, 1.54) is 38.5 Å². The molecule has 0 heteroatoms. The predicted octanol–water partition coefficient (Wildman–Crippen LogP) is 3.45. The normalized spacial score (nSPS) is 29.7. The summed E-state index contributed by atoms with van der Waals surface area (Å²) in [5.74, 6) is 1.98. The second-order valence-electron chi connectivity index (χ2n) is 4.51. The van der Waals surface area contributed by atoms with Gasteiger partial charge in [0, 0.05) is 0 Å². The van der Waals surface area contributed by atoms with E-state index in [1.807, 2.05) is 0 Å². The van der Waals surface area contributed by atoms with Gasteiger partial charge in [-0.15, -0.1) is 0 Å². The smallest absolute Gasteiger partial charge is 0.0165 e. The van der Waals surface area contributed by atoms with Crippen LogP contribution < -0.4 is 0 Å². The quantitative estimate of drug-likeness (QED) is 0.580. The molecule has 0 aliphatic heterocycles. The Kier molecular flexibility index (Phi) is 1.44. The van der Waals surface area contributed by atoms with E-state index >= 15 is 0 Å². The highest BCUT2D eigenvalue weighted by Crippen LogP contribution is 2.45. The van der Waals surface area contributed by atoms with Crippen LogP contribution in [0.2, 0.25) is 0 Å². The van der Waals surface area contributed by atoms with Crippen LogP contribution in [-0.4, -0.2) is 0 Å². The third kappa shape index (κ3) is 1.24. The van der Waals surface area contributed by atoms with Gasteiger partial charge in [0.1, 0.15) is 0 Å². The van der Waals surface area contributed by atoms with Crippen LogP contribution >= 0.6 is 0 Å². The molecule has 3 aliphatic carbocycles. The zero-order valence-electron chi connectivity index (χ0n) is 7.55. The first-order chi connectivity index (χ1) is 5.93. The van der Waals surface area contributed by atoms with Gasteiger partial charge in [-0.3, -0.25) is 0 Å². The summed E-state index contributed by atoms with van der Waals surface area (Å²) in [7, 11) is 0. The number of hydrogen-bond donors (Lipinski definition) is 0. The summed E-state index contributed by atoms with van der Waals surface area (Å²) in [6, 6.07) is 0. The number of rotatable bonds is 2. The van der Waals surface area contributed by atoms with Crippen LogP contribution in [0, 0.1) is 11.8 Å². The van der Waals surface area contributed by atoms with E-state index in [-0.39, 0.29) is 0 Å². The Labute approximate surface area is 74.4 Å². The third-order valence-corrected chi connectivity index (χ3v) is 3.32. The fraction of sp³-hybridized carbons (Fsp3) is 0.667. The summed E-state index contributed by atoms with van der Waals surface area (Å²) in [5.41, 5.74) is 3.46. The largest absolute Gasteiger partial charge is 0.0807 e. The Morgan fingerprint density at radius 2 is 1.75 bits per heavy atom. The van der Waals surface area contributed by atoms with Crippen LogP contribution in [0.5, 0.6) is 0 Å². The van der Waals surface area contributed by atoms with Crippen molar-refractivity contribution in [1.29, 1.82) is 0 Å². The van der Waals surface area contributed by atoms with Gasteiger partial charge in [0.2, 0.25) is 0 Å². The van der Waals surface area contributed by atoms with E-state index in [4.69, 9.17) is 0 Å². The molecule has 0 N–H and O–H groups in total. The van der Waals surface area contributed by atoms with Crippen molar-refractivity contribution in [2.75, 3.05) is 0 Å². The minimum atomic E-state index is 0.971. The Morgan fingerprint density at radius 1 is 1.00 bits per heavy atom. The van der Waals surface area contributed by atoms with E-state index in [1.54, 1.807) is 11.1 Å². The van der Waals surface area contributed by atoms with Crippen molar-refractivity contribution in [2.24, 2.45) is 11.8 Å². The molecule has 2 fully saturated rings. The monoisotopic (exact) mass is 160 g/mol. The van der Waals surface area contributed by atoms with Crippen molar-refractivity contribution in [3.8, 4) is 0 Å². The highest BCUT2D eigenvalue weighted by Gasteiger charge is 2.30. The summed E-state index contributed by atoms with van der Waals surface area (Å²) in [4.78, 5) is 0. The van der Waals surface area contributed by atoms with E-state index in [0.717, 1.165) is 11.8 Å². The van der Waals surface area contributed by atoms with Gasteiger partial charge in [0.15, 0.2) is 0 Å². The van der Waals surface area contributed by atoms with Gasteiger partial charge in [-0.05, 0) is 55.9 Å². The molecule has 3 aliphatic rings.